The van der Waals surface area contributed by atoms with Gasteiger partial charge < -0.3 is 12.8 Å². The molecule has 0 spiro atoms. The van der Waals surface area contributed by atoms with Crippen LogP contribution in [0.4, 0.5) is 0 Å². The maximum absolute atomic E-state index is 3.82. The van der Waals surface area contributed by atoms with Crippen LogP contribution >= 0.6 is 0 Å². The first-order chi connectivity index (χ1) is 6.65. The third-order valence-corrected chi connectivity index (χ3v) is 1.85. The van der Waals surface area contributed by atoms with E-state index in [1.165, 1.54) is 50.9 Å². The molecule has 0 aliphatic rings. The van der Waals surface area contributed by atoms with Crippen molar-refractivity contribution in [1.29, 1.82) is 0 Å². The van der Waals surface area contributed by atoms with Crippen molar-refractivity contribution in [3.63, 3.8) is 0 Å². The SMILES string of the molecule is C[C-](C)C.[CH2-]CCCCCCCCC.[Mg+2]. The van der Waals surface area contributed by atoms with Gasteiger partial charge in [0, 0.05) is 0 Å². The van der Waals surface area contributed by atoms with Crippen LogP contribution < -0.4 is 0 Å². The van der Waals surface area contributed by atoms with Gasteiger partial charge in [0.15, 0.2) is 0 Å². The Morgan fingerprint density at radius 1 is 0.800 bits per heavy atom. The third-order valence-electron chi connectivity index (χ3n) is 1.85. The fourth-order valence-electron chi connectivity index (χ4n) is 1.13. The Bertz CT molecular complexity index is 68.7. The van der Waals surface area contributed by atoms with Crippen LogP contribution in [0.2, 0.25) is 0 Å². The molecule has 0 radical (unpaired) electrons. The zero-order valence-corrected chi connectivity index (χ0v) is 13.0. The minimum absolute atomic E-state index is 0. The largest absolute Gasteiger partial charge is 2.00 e. The van der Waals surface area contributed by atoms with Gasteiger partial charge >= 0.3 is 23.1 Å². The Balaban J connectivity index is -0.000000249. The molecule has 0 heterocycles. The van der Waals surface area contributed by atoms with Crippen LogP contribution in [0.5, 0.6) is 0 Å². The van der Waals surface area contributed by atoms with E-state index in [4.69, 9.17) is 0 Å². The van der Waals surface area contributed by atoms with Crippen molar-refractivity contribution in [2.24, 2.45) is 0 Å². The van der Waals surface area contributed by atoms with Gasteiger partial charge in [-0.3, -0.25) is 0 Å². The van der Waals surface area contributed by atoms with Crippen molar-refractivity contribution >= 4 is 23.1 Å². The summed E-state index contributed by atoms with van der Waals surface area (Å²) in [6.07, 6.45) is 10.9. The minimum atomic E-state index is 0. The van der Waals surface area contributed by atoms with Crippen LogP contribution in [0.1, 0.15) is 79.1 Å². The molecule has 88 valence electrons. The van der Waals surface area contributed by atoms with Crippen molar-refractivity contribution in [3.05, 3.63) is 12.8 Å². The molecule has 15 heavy (non-hydrogen) atoms. The summed E-state index contributed by atoms with van der Waals surface area (Å²) in [4.78, 5) is 0. The van der Waals surface area contributed by atoms with E-state index in [2.05, 4.69) is 34.6 Å². The molecule has 0 saturated carbocycles. The molecule has 0 aliphatic heterocycles. The zero-order valence-electron chi connectivity index (χ0n) is 11.6. The van der Waals surface area contributed by atoms with Crippen LogP contribution in [0, 0.1) is 12.8 Å². The molecule has 0 amide bonds. The van der Waals surface area contributed by atoms with Gasteiger partial charge in [0.05, 0.1) is 0 Å². The summed E-state index contributed by atoms with van der Waals surface area (Å²) >= 11 is 0. The topological polar surface area (TPSA) is 0 Å². The Morgan fingerprint density at radius 3 is 1.47 bits per heavy atom. The summed E-state index contributed by atoms with van der Waals surface area (Å²) in [5.74, 6) is 1.42. The Labute approximate surface area is 115 Å². The summed E-state index contributed by atoms with van der Waals surface area (Å²) in [5.41, 5.74) is 0. The van der Waals surface area contributed by atoms with Gasteiger partial charge in [-0.25, -0.2) is 0 Å². The second kappa shape index (κ2) is 20.2. The van der Waals surface area contributed by atoms with Crippen LogP contribution in [-0.2, 0) is 0 Å². The monoisotopic (exact) mass is 222 g/mol. The standard InChI is InChI=1S/C10H21.C4H9.Mg/c1-3-5-7-9-10-8-6-4-2;1-4(2)3;/h1,3-10H2,2H3;1-3H3;/q2*-1;+2. The van der Waals surface area contributed by atoms with Crippen molar-refractivity contribution in [2.45, 2.75) is 79.1 Å². The smallest absolute Gasteiger partial charge is 0.343 e. The van der Waals surface area contributed by atoms with E-state index >= 15 is 0 Å². The van der Waals surface area contributed by atoms with Gasteiger partial charge in [-0.15, -0.1) is 0 Å². The molecular weight excluding hydrogens is 192 g/mol. The van der Waals surface area contributed by atoms with Gasteiger partial charge in [-0.1, -0.05) is 51.9 Å². The van der Waals surface area contributed by atoms with E-state index in [1.54, 1.807) is 0 Å². The Kier molecular flexibility index (Phi) is 28.4. The summed E-state index contributed by atoms with van der Waals surface area (Å²) in [6, 6.07) is 0. The molecule has 0 aromatic rings. The van der Waals surface area contributed by atoms with Crippen molar-refractivity contribution < 1.29 is 0 Å². The van der Waals surface area contributed by atoms with Crippen LogP contribution in [0.25, 0.3) is 0 Å². The van der Waals surface area contributed by atoms with Gasteiger partial charge in [0.2, 0.25) is 0 Å². The molecular formula is C14H30Mg. The molecule has 0 rings (SSSR count). The van der Waals surface area contributed by atoms with E-state index in [0.717, 1.165) is 6.42 Å². The number of hydrogen-bond acceptors (Lipinski definition) is 0. The molecule has 0 fully saturated rings. The second-order valence-corrected chi connectivity index (χ2v) is 4.47. The maximum Gasteiger partial charge on any atom is 2.00 e. The van der Waals surface area contributed by atoms with Gasteiger partial charge in [-0.05, 0) is 0 Å². The van der Waals surface area contributed by atoms with Gasteiger partial charge in [0.25, 0.3) is 0 Å². The predicted octanol–water partition coefficient (Wildman–Crippen LogP) is 5.20. The van der Waals surface area contributed by atoms with Crippen LogP contribution in [-0.4, -0.2) is 23.1 Å². The molecule has 0 saturated heterocycles. The number of rotatable bonds is 7. The molecule has 0 bridgehead atoms. The first-order valence-corrected chi connectivity index (χ1v) is 6.21. The van der Waals surface area contributed by atoms with Crippen LogP contribution in [0.15, 0.2) is 0 Å². The molecule has 0 atom stereocenters. The fourth-order valence-corrected chi connectivity index (χ4v) is 1.13. The number of hydrogen-bond donors (Lipinski definition) is 0. The predicted molar refractivity (Wildman–Crippen MR) is 74.0 cm³/mol. The van der Waals surface area contributed by atoms with Crippen molar-refractivity contribution in [2.75, 3.05) is 0 Å². The Morgan fingerprint density at radius 2 is 1.13 bits per heavy atom. The summed E-state index contributed by atoms with van der Waals surface area (Å²) in [5, 5.41) is 0. The minimum Gasteiger partial charge on any atom is -0.343 e. The summed E-state index contributed by atoms with van der Waals surface area (Å²) in [7, 11) is 0. The zero-order chi connectivity index (χ0) is 11.2. The van der Waals surface area contributed by atoms with Crippen molar-refractivity contribution in [3.8, 4) is 0 Å². The molecule has 0 aromatic heterocycles. The van der Waals surface area contributed by atoms with E-state index in [1.807, 2.05) is 0 Å². The van der Waals surface area contributed by atoms with Gasteiger partial charge in [0.1, 0.15) is 0 Å². The second-order valence-electron chi connectivity index (χ2n) is 4.47. The first kappa shape index (κ1) is 21.1. The van der Waals surface area contributed by atoms with E-state index in [0.29, 0.717) is 0 Å². The molecule has 0 aromatic carbocycles. The normalized spacial score (nSPS) is 9.20. The summed E-state index contributed by atoms with van der Waals surface area (Å²) < 4.78 is 0. The Hall–Kier alpha value is 0.766. The maximum atomic E-state index is 3.82. The first-order valence-electron chi connectivity index (χ1n) is 6.21. The average Bonchev–Trinajstić information content (AvgIpc) is 2.10. The summed E-state index contributed by atoms with van der Waals surface area (Å²) in [6.45, 7) is 12.3. The average molecular weight is 223 g/mol. The molecule has 1 heteroatoms. The van der Waals surface area contributed by atoms with Crippen molar-refractivity contribution in [1.82, 2.24) is 0 Å². The van der Waals surface area contributed by atoms with E-state index < -0.39 is 0 Å². The molecule has 0 N–H and O–H groups in total. The van der Waals surface area contributed by atoms with E-state index in [-0.39, 0.29) is 23.1 Å². The quantitative estimate of drug-likeness (QED) is 0.316. The molecule has 0 nitrogen and oxygen atoms in total. The number of unbranched alkanes of at least 4 members (excludes halogenated alkanes) is 7. The molecule has 0 unspecified atom stereocenters. The van der Waals surface area contributed by atoms with Gasteiger partial charge in [-0.2, -0.15) is 27.2 Å². The van der Waals surface area contributed by atoms with Crippen LogP contribution in [0.3, 0.4) is 0 Å². The van der Waals surface area contributed by atoms with E-state index in [9.17, 15) is 0 Å². The molecule has 0 aliphatic carbocycles. The third kappa shape index (κ3) is 39.9. The fraction of sp³-hybridized carbons (Fsp3) is 0.857.